The maximum Gasteiger partial charge on any atom is 0.0404 e. The molecule has 0 aliphatic rings. The van der Waals surface area contributed by atoms with Crippen molar-refractivity contribution in [3.63, 3.8) is 0 Å². The summed E-state index contributed by atoms with van der Waals surface area (Å²) in [6.45, 7) is 3.97. The van der Waals surface area contributed by atoms with Crippen molar-refractivity contribution in [1.29, 1.82) is 0 Å². The van der Waals surface area contributed by atoms with Crippen molar-refractivity contribution in [2.45, 2.75) is 13.8 Å². The van der Waals surface area contributed by atoms with Crippen LogP contribution in [-0.4, -0.2) is 6.26 Å². The first-order chi connectivity index (χ1) is 4.22. The molecule has 52 valence electrons. The molecule has 0 bridgehead atoms. The molecule has 0 amide bonds. The van der Waals surface area contributed by atoms with E-state index in [2.05, 4.69) is 0 Å². The molecule has 0 fully saturated rings. The maximum atomic E-state index is 5.61. The molecule has 0 aromatic rings. The molecule has 0 radical (unpaired) electrons. The van der Waals surface area contributed by atoms with Gasteiger partial charge in [-0.05, 0) is 26.2 Å². The van der Waals surface area contributed by atoms with Crippen LogP contribution in [0.1, 0.15) is 13.8 Å². The van der Waals surface area contributed by atoms with E-state index < -0.39 is 0 Å². The molecule has 0 saturated heterocycles. The van der Waals surface area contributed by atoms with Crippen LogP contribution in [-0.2, 0) is 0 Å². The van der Waals surface area contributed by atoms with Gasteiger partial charge < -0.3 is 5.73 Å². The molecule has 0 aliphatic carbocycles. The van der Waals surface area contributed by atoms with E-state index in [1.165, 1.54) is 4.91 Å². The van der Waals surface area contributed by atoms with Gasteiger partial charge in [0.15, 0.2) is 0 Å². The average Bonchev–Trinajstić information content (AvgIpc) is 1.87. The molecule has 9 heavy (non-hydrogen) atoms. The smallest absolute Gasteiger partial charge is 0.0404 e. The Labute approximate surface area is 61.0 Å². The van der Waals surface area contributed by atoms with Crippen LogP contribution in [0.25, 0.3) is 0 Å². The van der Waals surface area contributed by atoms with Crippen LogP contribution in [0.4, 0.5) is 0 Å². The zero-order valence-electron chi connectivity index (χ0n) is 6.14. The lowest BCUT2D eigenvalue weighted by Crippen LogP contribution is -1.94. The second-order valence-corrected chi connectivity index (χ2v) is 2.74. The van der Waals surface area contributed by atoms with E-state index in [9.17, 15) is 0 Å². The largest absolute Gasteiger partial charge is 0.398 e. The summed E-state index contributed by atoms with van der Waals surface area (Å²) in [5, 5.41) is 0. The van der Waals surface area contributed by atoms with Gasteiger partial charge in [0.1, 0.15) is 0 Å². The summed E-state index contributed by atoms with van der Waals surface area (Å²) < 4.78 is 0. The topological polar surface area (TPSA) is 26.0 Å². The van der Waals surface area contributed by atoms with E-state index in [1.54, 1.807) is 11.8 Å². The Morgan fingerprint density at radius 3 is 2.44 bits per heavy atom. The molecule has 0 unspecified atom stereocenters. The fourth-order valence-corrected chi connectivity index (χ4v) is 0.719. The molecule has 2 N–H and O–H groups in total. The Bertz CT molecular complexity index is 136. The zero-order chi connectivity index (χ0) is 7.28. The molecule has 0 saturated carbocycles. The third kappa shape index (κ3) is 3.25. The summed E-state index contributed by atoms with van der Waals surface area (Å²) in [5.41, 5.74) is 6.48. The van der Waals surface area contributed by atoms with Crippen LogP contribution < -0.4 is 5.73 Å². The lowest BCUT2D eigenvalue weighted by atomic mass is 10.4. The van der Waals surface area contributed by atoms with Gasteiger partial charge in [0.05, 0.1) is 0 Å². The molecule has 1 nitrogen and oxygen atoms in total. The number of hydrogen-bond donors (Lipinski definition) is 1. The van der Waals surface area contributed by atoms with Gasteiger partial charge in [0, 0.05) is 10.6 Å². The minimum Gasteiger partial charge on any atom is -0.398 e. The van der Waals surface area contributed by atoms with Crippen molar-refractivity contribution < 1.29 is 0 Å². The molecule has 0 aliphatic heterocycles. The van der Waals surface area contributed by atoms with Gasteiger partial charge in [-0.1, -0.05) is 6.08 Å². The molecule has 0 aromatic carbocycles. The highest BCUT2D eigenvalue weighted by Crippen LogP contribution is 2.12. The highest BCUT2D eigenvalue weighted by molar-refractivity contribution is 8.02. The van der Waals surface area contributed by atoms with Crippen LogP contribution in [0, 0.1) is 0 Å². The number of nitrogens with two attached hydrogens (primary N) is 1. The summed E-state index contributed by atoms with van der Waals surface area (Å²) in [4.78, 5) is 1.17. The van der Waals surface area contributed by atoms with Crippen LogP contribution in [0.15, 0.2) is 22.8 Å². The lowest BCUT2D eigenvalue weighted by molar-refractivity contribution is 1.37. The summed E-state index contributed by atoms with van der Waals surface area (Å²) in [6, 6.07) is 0. The van der Waals surface area contributed by atoms with Crippen molar-refractivity contribution in [1.82, 2.24) is 0 Å². The van der Waals surface area contributed by atoms with Crippen LogP contribution >= 0.6 is 11.8 Å². The predicted octanol–water partition coefficient (Wildman–Crippen LogP) is 2.12. The number of thioether (sulfide) groups is 1. The van der Waals surface area contributed by atoms with E-state index in [1.807, 2.05) is 32.3 Å². The number of rotatable bonds is 2. The minimum absolute atomic E-state index is 0.866. The number of allylic oxidation sites excluding steroid dienone is 3. The summed E-state index contributed by atoms with van der Waals surface area (Å²) >= 11 is 1.68. The van der Waals surface area contributed by atoms with Gasteiger partial charge >= 0.3 is 0 Å². The highest BCUT2D eigenvalue weighted by Gasteiger charge is 1.88. The molecule has 0 rings (SSSR count). The Kier molecular flexibility index (Phi) is 4.32. The molecule has 0 atom stereocenters. The maximum absolute atomic E-state index is 5.61. The molecule has 2 heteroatoms. The second-order valence-electron chi connectivity index (χ2n) is 1.72. The molecule has 0 aromatic heterocycles. The average molecular weight is 143 g/mol. The first-order valence-electron chi connectivity index (χ1n) is 2.85. The summed E-state index contributed by atoms with van der Waals surface area (Å²) in [6.07, 6.45) is 5.87. The SMILES string of the molecule is C/C=C\C(N)=C(/C)SC. The van der Waals surface area contributed by atoms with Gasteiger partial charge in [-0.25, -0.2) is 0 Å². The Hall–Kier alpha value is -0.370. The van der Waals surface area contributed by atoms with Crippen LogP contribution in [0.2, 0.25) is 0 Å². The third-order valence-electron chi connectivity index (χ3n) is 1.06. The highest BCUT2D eigenvalue weighted by atomic mass is 32.2. The normalized spacial score (nSPS) is 14.1. The van der Waals surface area contributed by atoms with Crippen molar-refractivity contribution in [2.24, 2.45) is 5.73 Å². The predicted molar refractivity (Wildman–Crippen MR) is 45.2 cm³/mol. The first kappa shape index (κ1) is 8.63. The molecular weight excluding hydrogens is 130 g/mol. The van der Waals surface area contributed by atoms with Gasteiger partial charge in [-0.3, -0.25) is 0 Å². The quantitative estimate of drug-likeness (QED) is 0.599. The van der Waals surface area contributed by atoms with Crippen molar-refractivity contribution in [2.75, 3.05) is 6.26 Å². The van der Waals surface area contributed by atoms with Gasteiger partial charge in [-0.2, -0.15) is 0 Å². The van der Waals surface area contributed by atoms with Gasteiger partial charge in [-0.15, -0.1) is 11.8 Å². The fraction of sp³-hybridized carbons (Fsp3) is 0.429. The standard InChI is InChI=1S/C7H13NS/c1-4-5-7(8)6(2)9-3/h4-5H,8H2,1-3H3/b5-4-,7-6-. The Morgan fingerprint density at radius 1 is 1.56 bits per heavy atom. The Balaban J connectivity index is 4.10. The van der Waals surface area contributed by atoms with E-state index in [0.29, 0.717) is 0 Å². The second kappa shape index (κ2) is 4.50. The molecule has 0 heterocycles. The van der Waals surface area contributed by atoms with Gasteiger partial charge in [0.25, 0.3) is 0 Å². The molecule has 0 spiro atoms. The van der Waals surface area contributed by atoms with Crippen molar-refractivity contribution in [3.05, 3.63) is 22.8 Å². The third-order valence-corrected chi connectivity index (χ3v) is 1.91. The van der Waals surface area contributed by atoms with Crippen molar-refractivity contribution >= 4 is 11.8 Å². The van der Waals surface area contributed by atoms with Crippen LogP contribution in [0.5, 0.6) is 0 Å². The summed E-state index contributed by atoms with van der Waals surface area (Å²) in [7, 11) is 0. The number of hydrogen-bond acceptors (Lipinski definition) is 2. The zero-order valence-corrected chi connectivity index (χ0v) is 6.96. The van der Waals surface area contributed by atoms with E-state index in [4.69, 9.17) is 5.73 Å². The first-order valence-corrected chi connectivity index (χ1v) is 4.08. The fourth-order valence-electron chi connectivity index (χ4n) is 0.415. The van der Waals surface area contributed by atoms with E-state index in [0.717, 1.165) is 5.70 Å². The Morgan fingerprint density at radius 2 is 2.11 bits per heavy atom. The van der Waals surface area contributed by atoms with Crippen molar-refractivity contribution in [3.8, 4) is 0 Å². The summed E-state index contributed by atoms with van der Waals surface area (Å²) in [5.74, 6) is 0. The molecular formula is C7H13NS. The monoisotopic (exact) mass is 143 g/mol. The lowest BCUT2D eigenvalue weighted by Gasteiger charge is -1.96. The van der Waals surface area contributed by atoms with Crippen LogP contribution in [0.3, 0.4) is 0 Å². The van der Waals surface area contributed by atoms with E-state index >= 15 is 0 Å². The van der Waals surface area contributed by atoms with E-state index in [-0.39, 0.29) is 0 Å². The van der Waals surface area contributed by atoms with Gasteiger partial charge in [0.2, 0.25) is 0 Å². The minimum atomic E-state index is 0.866.